The maximum atomic E-state index is 12.2. The topological polar surface area (TPSA) is 88.2 Å². The standard InChI is InChI=1S/C21H16ClN3O3S/c1-12-6-7-15(22)10-17(12)23-19(27)11-29-21-25-24-20(28-21)16-8-13-4-2-3-5-14(13)9-18(16)26/h2-10,26H,11H2,1H3,(H,23,27). The lowest BCUT2D eigenvalue weighted by Gasteiger charge is -2.07. The number of carbonyl (C=O) groups is 1. The van der Waals surface area contributed by atoms with E-state index in [0.717, 1.165) is 28.1 Å². The molecule has 8 heteroatoms. The second-order valence-corrected chi connectivity index (χ2v) is 7.75. The van der Waals surface area contributed by atoms with Gasteiger partial charge in [0.25, 0.3) is 11.1 Å². The van der Waals surface area contributed by atoms with E-state index in [1.807, 2.05) is 37.3 Å². The van der Waals surface area contributed by atoms with Gasteiger partial charge < -0.3 is 14.8 Å². The van der Waals surface area contributed by atoms with Crippen LogP contribution in [-0.4, -0.2) is 27.0 Å². The lowest BCUT2D eigenvalue weighted by atomic mass is 10.1. The smallest absolute Gasteiger partial charge is 0.277 e. The Bertz CT molecular complexity index is 1210. The summed E-state index contributed by atoms with van der Waals surface area (Å²) in [5, 5.41) is 23.7. The highest BCUT2D eigenvalue weighted by molar-refractivity contribution is 7.99. The monoisotopic (exact) mass is 425 g/mol. The number of phenolic OH excluding ortho intramolecular Hbond substituents is 1. The van der Waals surface area contributed by atoms with Gasteiger partial charge in [-0.15, -0.1) is 10.2 Å². The fourth-order valence-corrected chi connectivity index (χ4v) is 3.55. The zero-order chi connectivity index (χ0) is 20.4. The van der Waals surface area contributed by atoms with Crippen molar-refractivity contribution in [1.29, 1.82) is 0 Å². The molecule has 0 unspecified atom stereocenters. The molecule has 6 nitrogen and oxygen atoms in total. The lowest BCUT2D eigenvalue weighted by molar-refractivity contribution is -0.113. The first-order valence-electron chi connectivity index (χ1n) is 8.74. The van der Waals surface area contributed by atoms with Gasteiger partial charge in [0.15, 0.2) is 0 Å². The molecular weight excluding hydrogens is 410 g/mol. The molecule has 0 fully saturated rings. The van der Waals surface area contributed by atoms with Gasteiger partial charge in [-0.1, -0.05) is 53.7 Å². The molecule has 0 aliphatic carbocycles. The summed E-state index contributed by atoms with van der Waals surface area (Å²) in [7, 11) is 0. The van der Waals surface area contributed by atoms with Crippen LogP contribution in [-0.2, 0) is 4.79 Å². The quantitative estimate of drug-likeness (QED) is 0.422. The van der Waals surface area contributed by atoms with Crippen molar-refractivity contribution in [3.63, 3.8) is 0 Å². The number of carbonyl (C=O) groups excluding carboxylic acids is 1. The summed E-state index contributed by atoms with van der Waals surface area (Å²) in [6.45, 7) is 1.89. The van der Waals surface area contributed by atoms with E-state index in [1.165, 1.54) is 0 Å². The number of aromatic hydroxyl groups is 1. The second kappa shape index (κ2) is 8.14. The van der Waals surface area contributed by atoms with Gasteiger partial charge in [-0.3, -0.25) is 4.79 Å². The molecule has 0 aliphatic rings. The van der Waals surface area contributed by atoms with Crippen LogP contribution in [0.25, 0.3) is 22.2 Å². The SMILES string of the molecule is Cc1ccc(Cl)cc1NC(=O)CSc1nnc(-c2cc3ccccc3cc2O)o1. The predicted molar refractivity (Wildman–Crippen MR) is 114 cm³/mol. The van der Waals surface area contributed by atoms with Crippen LogP contribution >= 0.6 is 23.4 Å². The highest BCUT2D eigenvalue weighted by Crippen LogP contribution is 2.33. The third-order valence-electron chi connectivity index (χ3n) is 4.30. The minimum atomic E-state index is -0.214. The fourth-order valence-electron chi connectivity index (χ4n) is 2.82. The number of thioether (sulfide) groups is 1. The summed E-state index contributed by atoms with van der Waals surface area (Å²) in [6, 6.07) is 16.4. The van der Waals surface area contributed by atoms with E-state index in [4.69, 9.17) is 16.0 Å². The highest BCUT2D eigenvalue weighted by atomic mass is 35.5. The molecule has 1 amide bonds. The Kier molecular flexibility index (Phi) is 5.42. The van der Waals surface area contributed by atoms with Gasteiger partial charge in [0.1, 0.15) is 5.75 Å². The van der Waals surface area contributed by atoms with Crippen molar-refractivity contribution < 1.29 is 14.3 Å². The summed E-state index contributed by atoms with van der Waals surface area (Å²) < 4.78 is 5.62. The van der Waals surface area contributed by atoms with Gasteiger partial charge in [-0.2, -0.15) is 0 Å². The largest absolute Gasteiger partial charge is 0.507 e. The fraction of sp³-hybridized carbons (Fsp3) is 0.0952. The molecular formula is C21H16ClN3O3S. The van der Waals surface area contributed by atoms with Crippen LogP contribution in [0.15, 0.2) is 64.2 Å². The number of aromatic nitrogens is 2. The van der Waals surface area contributed by atoms with Crippen molar-refractivity contribution in [1.82, 2.24) is 10.2 Å². The minimum Gasteiger partial charge on any atom is -0.507 e. The Morgan fingerprint density at radius 1 is 1.14 bits per heavy atom. The predicted octanol–water partition coefficient (Wildman–Crippen LogP) is 5.29. The zero-order valence-electron chi connectivity index (χ0n) is 15.3. The van der Waals surface area contributed by atoms with Crippen LogP contribution in [0.5, 0.6) is 5.75 Å². The molecule has 1 aromatic heterocycles. The molecule has 0 atom stereocenters. The van der Waals surface area contributed by atoms with Crippen LogP contribution in [0.1, 0.15) is 5.56 Å². The molecule has 1 heterocycles. The van der Waals surface area contributed by atoms with E-state index >= 15 is 0 Å². The molecule has 0 saturated carbocycles. The first-order chi connectivity index (χ1) is 14.0. The number of halogens is 1. The highest BCUT2D eigenvalue weighted by Gasteiger charge is 2.15. The first-order valence-corrected chi connectivity index (χ1v) is 10.1. The summed E-state index contributed by atoms with van der Waals surface area (Å²) in [5.74, 6) is 0.130. The van der Waals surface area contributed by atoms with E-state index in [0.29, 0.717) is 16.3 Å². The summed E-state index contributed by atoms with van der Waals surface area (Å²) >= 11 is 7.09. The van der Waals surface area contributed by atoms with Gasteiger partial charge in [0.2, 0.25) is 5.91 Å². The number of hydrogen-bond acceptors (Lipinski definition) is 6. The van der Waals surface area contributed by atoms with Gasteiger partial charge in [-0.25, -0.2) is 0 Å². The molecule has 29 heavy (non-hydrogen) atoms. The Labute approximate surface area is 175 Å². The van der Waals surface area contributed by atoms with Crippen LogP contribution in [0.2, 0.25) is 5.02 Å². The number of nitrogens with zero attached hydrogens (tertiary/aromatic N) is 2. The molecule has 0 radical (unpaired) electrons. The van der Waals surface area contributed by atoms with E-state index in [-0.39, 0.29) is 28.5 Å². The third-order valence-corrected chi connectivity index (χ3v) is 5.35. The van der Waals surface area contributed by atoms with Gasteiger partial charge in [-0.05, 0) is 47.5 Å². The Morgan fingerprint density at radius 3 is 2.69 bits per heavy atom. The summed E-state index contributed by atoms with van der Waals surface area (Å²) in [5.41, 5.74) is 2.03. The van der Waals surface area contributed by atoms with Crippen molar-refractivity contribution in [2.45, 2.75) is 12.1 Å². The average molecular weight is 426 g/mol. The number of rotatable bonds is 5. The molecule has 0 bridgehead atoms. The van der Waals surface area contributed by atoms with E-state index in [1.54, 1.807) is 24.3 Å². The van der Waals surface area contributed by atoms with Gasteiger partial charge >= 0.3 is 0 Å². The van der Waals surface area contributed by atoms with E-state index in [9.17, 15) is 9.90 Å². The first kappa shape index (κ1) is 19.3. The van der Waals surface area contributed by atoms with E-state index in [2.05, 4.69) is 15.5 Å². The molecule has 0 spiro atoms. The number of anilines is 1. The molecule has 146 valence electrons. The molecule has 3 aromatic carbocycles. The molecule has 0 aliphatic heterocycles. The van der Waals surface area contributed by atoms with Crippen molar-refractivity contribution >= 4 is 45.7 Å². The summed E-state index contributed by atoms with van der Waals surface area (Å²) in [6.07, 6.45) is 0. The summed E-state index contributed by atoms with van der Waals surface area (Å²) in [4.78, 5) is 12.2. The number of benzene rings is 3. The average Bonchev–Trinajstić information content (AvgIpc) is 3.17. The van der Waals surface area contributed by atoms with Crippen LogP contribution in [0, 0.1) is 6.92 Å². The number of phenols is 1. The van der Waals surface area contributed by atoms with Crippen LogP contribution in [0.3, 0.4) is 0 Å². The van der Waals surface area contributed by atoms with Crippen molar-refractivity contribution in [3.8, 4) is 17.2 Å². The number of nitrogens with one attached hydrogen (secondary N) is 1. The molecule has 4 rings (SSSR count). The number of aryl methyl sites for hydroxylation is 1. The number of amides is 1. The van der Waals surface area contributed by atoms with Crippen molar-refractivity contribution in [2.24, 2.45) is 0 Å². The maximum absolute atomic E-state index is 12.2. The van der Waals surface area contributed by atoms with Crippen LogP contribution in [0.4, 0.5) is 5.69 Å². The number of fused-ring (bicyclic) bond motifs is 1. The maximum Gasteiger partial charge on any atom is 0.277 e. The Morgan fingerprint density at radius 2 is 1.90 bits per heavy atom. The molecule has 0 saturated heterocycles. The Hall–Kier alpha value is -3.03. The van der Waals surface area contributed by atoms with Crippen molar-refractivity contribution in [3.05, 3.63) is 65.2 Å². The lowest BCUT2D eigenvalue weighted by Crippen LogP contribution is -2.14. The molecule has 4 aromatic rings. The normalized spacial score (nSPS) is 11.0. The number of hydrogen-bond donors (Lipinski definition) is 2. The molecule has 2 N–H and O–H groups in total. The van der Waals surface area contributed by atoms with Crippen LogP contribution < -0.4 is 5.32 Å². The van der Waals surface area contributed by atoms with Crippen molar-refractivity contribution in [2.75, 3.05) is 11.1 Å². The van der Waals surface area contributed by atoms with Gasteiger partial charge in [0, 0.05) is 10.7 Å². The van der Waals surface area contributed by atoms with Gasteiger partial charge in [0.05, 0.1) is 11.3 Å². The van der Waals surface area contributed by atoms with E-state index < -0.39 is 0 Å². The second-order valence-electron chi connectivity index (χ2n) is 6.39. The third kappa shape index (κ3) is 4.36. The zero-order valence-corrected chi connectivity index (χ0v) is 16.9. The Balaban J connectivity index is 1.45. The minimum absolute atomic E-state index is 0.0538.